The second-order valence-corrected chi connectivity index (χ2v) is 6.05. The van der Waals surface area contributed by atoms with Gasteiger partial charge in [0, 0.05) is 5.56 Å². The molecule has 2 aromatic carbocycles. The Bertz CT molecular complexity index is 890. The first kappa shape index (κ1) is 20.8. The van der Waals surface area contributed by atoms with E-state index in [9.17, 15) is 9.59 Å². The van der Waals surface area contributed by atoms with Gasteiger partial charge in [-0.05, 0) is 53.8 Å². The molecule has 0 spiro atoms. The van der Waals surface area contributed by atoms with Crippen LogP contribution in [0.1, 0.15) is 11.1 Å². The van der Waals surface area contributed by atoms with Crippen LogP contribution in [0.4, 0.5) is 4.79 Å². The molecule has 0 aliphatic carbocycles. The Balaban J connectivity index is 2.44. The molecule has 0 saturated heterocycles. The zero-order valence-electron chi connectivity index (χ0n) is 15.9. The number of amides is 2. The Labute approximate surface area is 164 Å². The molecular formula is C22H24N2O4. The van der Waals surface area contributed by atoms with Crippen LogP contribution in [0.5, 0.6) is 11.5 Å². The van der Waals surface area contributed by atoms with Crippen molar-refractivity contribution in [2.24, 2.45) is 5.73 Å². The van der Waals surface area contributed by atoms with Gasteiger partial charge in [0.25, 0.3) is 0 Å². The normalized spacial score (nSPS) is 10.0. The first-order valence-electron chi connectivity index (χ1n) is 8.74. The van der Waals surface area contributed by atoms with E-state index in [-0.39, 0.29) is 6.54 Å². The van der Waals surface area contributed by atoms with E-state index < -0.39 is 12.0 Å². The molecule has 0 unspecified atom stereocenters. The van der Waals surface area contributed by atoms with Crippen molar-refractivity contribution < 1.29 is 19.1 Å². The molecule has 0 radical (unpaired) electrons. The van der Waals surface area contributed by atoms with Gasteiger partial charge in [-0.3, -0.25) is 4.79 Å². The summed E-state index contributed by atoms with van der Waals surface area (Å²) in [6.07, 6.45) is 4.16. The number of methoxy groups -OCH3 is 1. The van der Waals surface area contributed by atoms with Gasteiger partial charge in [-0.25, -0.2) is 4.79 Å². The van der Waals surface area contributed by atoms with E-state index >= 15 is 0 Å². The number of allylic oxidation sites excluding steroid dienone is 2. The molecule has 3 N–H and O–H groups in total. The van der Waals surface area contributed by atoms with Crippen LogP contribution in [0.15, 0.2) is 61.7 Å². The Hall–Kier alpha value is -3.54. The van der Waals surface area contributed by atoms with Gasteiger partial charge in [-0.2, -0.15) is 0 Å². The molecule has 0 heterocycles. The molecule has 6 nitrogen and oxygen atoms in total. The van der Waals surface area contributed by atoms with E-state index in [2.05, 4.69) is 18.5 Å². The molecule has 2 rings (SSSR count). The van der Waals surface area contributed by atoms with Gasteiger partial charge >= 0.3 is 6.09 Å². The Kier molecular flexibility index (Phi) is 7.39. The number of hydrogen-bond acceptors (Lipinski definition) is 4. The molecule has 0 fully saturated rings. The van der Waals surface area contributed by atoms with Crippen LogP contribution in [-0.2, 0) is 17.6 Å². The number of carbonyl (C=O) groups excluding carboxylic acids is 2. The van der Waals surface area contributed by atoms with Crippen molar-refractivity contribution in [3.8, 4) is 22.6 Å². The van der Waals surface area contributed by atoms with Crippen molar-refractivity contribution in [1.29, 1.82) is 0 Å². The predicted octanol–water partition coefficient (Wildman–Crippen LogP) is 3.39. The minimum atomic E-state index is -0.753. The highest BCUT2D eigenvalue weighted by atomic mass is 16.6. The van der Waals surface area contributed by atoms with Crippen LogP contribution in [0, 0.1) is 0 Å². The van der Waals surface area contributed by atoms with Crippen molar-refractivity contribution in [3.63, 3.8) is 0 Å². The summed E-state index contributed by atoms with van der Waals surface area (Å²) in [6.45, 7) is 7.25. The largest absolute Gasteiger partial charge is 0.496 e. The fourth-order valence-corrected chi connectivity index (χ4v) is 2.74. The Morgan fingerprint density at radius 1 is 1.07 bits per heavy atom. The van der Waals surface area contributed by atoms with Gasteiger partial charge in [0.2, 0.25) is 5.91 Å². The summed E-state index contributed by atoms with van der Waals surface area (Å²) in [5.74, 6) is 0.472. The summed E-state index contributed by atoms with van der Waals surface area (Å²) in [7, 11) is 1.61. The minimum absolute atomic E-state index is 0.297. The molecule has 0 aromatic heterocycles. The number of benzene rings is 2. The Morgan fingerprint density at radius 2 is 1.79 bits per heavy atom. The number of carbonyl (C=O) groups is 2. The molecule has 0 saturated carbocycles. The van der Waals surface area contributed by atoms with E-state index in [1.165, 1.54) is 0 Å². The van der Waals surface area contributed by atoms with E-state index in [0.717, 1.165) is 28.0 Å². The number of nitrogens with two attached hydrogens (primary N) is 1. The second-order valence-electron chi connectivity index (χ2n) is 6.05. The molecule has 146 valence electrons. The maximum absolute atomic E-state index is 12.0. The number of ether oxygens (including phenoxy) is 2. The second kappa shape index (κ2) is 9.97. The van der Waals surface area contributed by atoms with Gasteiger partial charge in [-0.15, -0.1) is 13.2 Å². The quantitative estimate of drug-likeness (QED) is 0.653. The molecular weight excluding hydrogens is 356 g/mol. The number of nitrogens with one attached hydrogen (secondary N) is 1. The molecule has 0 aliphatic heterocycles. The van der Waals surface area contributed by atoms with Gasteiger partial charge in [0.05, 0.1) is 13.7 Å². The topological polar surface area (TPSA) is 90.6 Å². The van der Waals surface area contributed by atoms with Crippen LogP contribution >= 0.6 is 0 Å². The molecule has 28 heavy (non-hydrogen) atoms. The fourth-order valence-electron chi connectivity index (χ4n) is 2.74. The molecule has 6 heteroatoms. The summed E-state index contributed by atoms with van der Waals surface area (Å²) in [5, 5.41) is 2.31. The maximum atomic E-state index is 12.0. The lowest BCUT2D eigenvalue weighted by Gasteiger charge is -2.14. The molecule has 0 bridgehead atoms. The predicted molar refractivity (Wildman–Crippen MR) is 109 cm³/mol. The molecule has 2 aromatic rings. The van der Waals surface area contributed by atoms with Crippen LogP contribution in [0.3, 0.4) is 0 Å². The van der Waals surface area contributed by atoms with Gasteiger partial charge in [0.1, 0.15) is 11.5 Å². The van der Waals surface area contributed by atoms with Gasteiger partial charge < -0.3 is 20.5 Å². The minimum Gasteiger partial charge on any atom is -0.496 e. The fraction of sp³-hybridized carbons (Fsp3) is 0.182. The van der Waals surface area contributed by atoms with Crippen LogP contribution in [-0.4, -0.2) is 25.7 Å². The third-order valence-electron chi connectivity index (χ3n) is 3.99. The average molecular weight is 380 g/mol. The van der Waals surface area contributed by atoms with Gasteiger partial charge in [0.15, 0.2) is 0 Å². The first-order chi connectivity index (χ1) is 13.5. The maximum Gasteiger partial charge on any atom is 0.413 e. The van der Waals surface area contributed by atoms with E-state index in [4.69, 9.17) is 15.2 Å². The summed E-state index contributed by atoms with van der Waals surface area (Å²) < 4.78 is 10.8. The van der Waals surface area contributed by atoms with Crippen LogP contribution in [0.2, 0.25) is 0 Å². The smallest absolute Gasteiger partial charge is 0.413 e. The zero-order chi connectivity index (χ0) is 20.5. The highest BCUT2D eigenvalue weighted by Gasteiger charge is 2.14. The number of hydrogen-bond donors (Lipinski definition) is 2. The molecule has 0 aliphatic rings. The van der Waals surface area contributed by atoms with E-state index in [1.54, 1.807) is 25.3 Å². The summed E-state index contributed by atoms with van der Waals surface area (Å²) in [6, 6.07) is 11.3. The highest BCUT2D eigenvalue weighted by Crippen LogP contribution is 2.34. The Morgan fingerprint density at radius 3 is 2.43 bits per heavy atom. The summed E-state index contributed by atoms with van der Waals surface area (Å²) in [5.41, 5.74) is 8.63. The highest BCUT2D eigenvalue weighted by molar-refractivity contribution is 5.83. The average Bonchev–Trinajstić information content (AvgIpc) is 2.68. The van der Waals surface area contributed by atoms with Crippen molar-refractivity contribution >= 4 is 12.0 Å². The van der Waals surface area contributed by atoms with Crippen molar-refractivity contribution in [1.82, 2.24) is 5.32 Å². The first-order valence-corrected chi connectivity index (χ1v) is 8.74. The molecule has 0 atom stereocenters. The van der Waals surface area contributed by atoms with Crippen molar-refractivity contribution in [3.05, 3.63) is 72.8 Å². The van der Waals surface area contributed by atoms with Crippen LogP contribution < -0.4 is 20.5 Å². The SMILES string of the molecule is C=CCc1ccc(OC(=O)NCC(N)=O)c(-c2ccc(OC)c(CC=C)c2)c1. The third-order valence-corrected chi connectivity index (χ3v) is 3.99. The number of primary amides is 1. The monoisotopic (exact) mass is 380 g/mol. The molecule has 2 amide bonds. The zero-order valence-corrected chi connectivity index (χ0v) is 15.9. The van der Waals surface area contributed by atoms with Crippen LogP contribution in [0.25, 0.3) is 11.1 Å². The standard InChI is InChI=1S/C22H24N2O4/c1-4-6-15-8-10-20(28-22(26)24-14-21(23)25)18(12-15)16-9-11-19(27-3)17(13-16)7-5-2/h4-5,8-13H,1-2,6-7,14H2,3H3,(H2,23,25)(H,24,26). The van der Waals surface area contributed by atoms with E-state index in [0.29, 0.717) is 18.6 Å². The number of rotatable bonds is 9. The lowest BCUT2D eigenvalue weighted by atomic mass is 9.97. The van der Waals surface area contributed by atoms with Crippen molar-refractivity contribution in [2.45, 2.75) is 12.8 Å². The summed E-state index contributed by atoms with van der Waals surface area (Å²) in [4.78, 5) is 22.8. The van der Waals surface area contributed by atoms with E-state index in [1.807, 2.05) is 30.3 Å². The van der Waals surface area contributed by atoms with Gasteiger partial charge in [-0.1, -0.05) is 24.3 Å². The van der Waals surface area contributed by atoms with Crippen molar-refractivity contribution in [2.75, 3.05) is 13.7 Å². The summed E-state index contributed by atoms with van der Waals surface area (Å²) >= 11 is 0. The third kappa shape index (κ3) is 5.48. The lowest BCUT2D eigenvalue weighted by Crippen LogP contribution is -2.35. The lowest BCUT2D eigenvalue weighted by molar-refractivity contribution is -0.117.